The van der Waals surface area contributed by atoms with E-state index in [-0.39, 0.29) is 16.6 Å². The molecule has 252 valence electrons. The van der Waals surface area contributed by atoms with Crippen LogP contribution < -0.4 is 4.74 Å². The van der Waals surface area contributed by atoms with E-state index < -0.39 is 52.4 Å². The van der Waals surface area contributed by atoms with Crippen molar-refractivity contribution in [2.75, 3.05) is 46.9 Å². The van der Waals surface area contributed by atoms with E-state index in [4.69, 9.17) is 25.2 Å². The Morgan fingerprint density at radius 3 is 2.13 bits per heavy atom. The number of carbonyl (C=O) groups excluding carboxylic acids is 1. The molecule has 1 amide bonds. The highest BCUT2D eigenvalue weighted by atomic mass is 32.2. The van der Waals surface area contributed by atoms with E-state index in [0.29, 0.717) is 56.2 Å². The molecule has 0 spiro atoms. The summed E-state index contributed by atoms with van der Waals surface area (Å²) in [4.78, 5) is 54.5. The van der Waals surface area contributed by atoms with Gasteiger partial charge in [-0.15, -0.1) is 0 Å². The van der Waals surface area contributed by atoms with Crippen molar-refractivity contribution in [1.82, 2.24) is 14.2 Å². The molecule has 0 aromatic heterocycles. The van der Waals surface area contributed by atoms with E-state index >= 15 is 0 Å². The molecule has 3 aliphatic heterocycles. The number of ether oxygens (including phenoxy) is 1. The Labute approximate surface area is 265 Å². The number of carboxylic acid groups (broad SMARTS) is 3. The van der Waals surface area contributed by atoms with Gasteiger partial charge in [0.2, 0.25) is 10.0 Å². The minimum Gasteiger partial charge on any atom is -0.493 e. The lowest BCUT2D eigenvalue weighted by molar-refractivity contribution is -0.170. The van der Waals surface area contributed by atoms with Crippen molar-refractivity contribution in [3.8, 4) is 5.75 Å². The van der Waals surface area contributed by atoms with Gasteiger partial charge in [0, 0.05) is 33.2 Å². The summed E-state index contributed by atoms with van der Waals surface area (Å²) >= 11 is 0. The minimum atomic E-state index is -3.71. The zero-order chi connectivity index (χ0) is 34.4. The number of amidine groups is 1. The molecule has 0 radical (unpaired) electrons. The van der Waals surface area contributed by atoms with Gasteiger partial charge in [0.1, 0.15) is 11.5 Å². The Balaban J connectivity index is 0.000000376. The average Bonchev–Trinajstić information content (AvgIpc) is 3.28. The fourth-order valence-corrected chi connectivity index (χ4v) is 6.34. The standard InChI is InChI=1S/C22H30N6O4S.C6H8O7/c1-5-7-17-19-20(27(4)25-17)22(29)24-21(23-19)16-14-15(8-9-18(16)32-6-2)33(30,31)28-12-10-26(3)11-13-28;7-3(8)1-6(13,5(11)12)2-4(9)10/h8-9,14,20H,5-7,10-13H2,1-4H3;13H,1-2H2,(H,7,8)(H,9,10)(H,11,12). The Morgan fingerprint density at radius 2 is 1.61 bits per heavy atom. The van der Waals surface area contributed by atoms with Crippen LogP contribution in [0.5, 0.6) is 5.75 Å². The maximum Gasteiger partial charge on any atom is 0.336 e. The predicted molar refractivity (Wildman–Crippen MR) is 164 cm³/mol. The molecule has 1 atom stereocenters. The first-order valence-corrected chi connectivity index (χ1v) is 15.8. The Kier molecular flexibility index (Phi) is 11.7. The first-order chi connectivity index (χ1) is 21.5. The summed E-state index contributed by atoms with van der Waals surface area (Å²) in [5.41, 5.74) is -1.02. The number of hydrogen-bond acceptors (Lipinski definition) is 12. The van der Waals surface area contributed by atoms with Crippen LogP contribution >= 0.6 is 0 Å². The quantitative estimate of drug-likeness (QED) is 0.229. The molecule has 1 unspecified atom stereocenters. The van der Waals surface area contributed by atoms with Crippen molar-refractivity contribution < 1.29 is 52.8 Å². The molecular formula is C28H38N6O11S. The van der Waals surface area contributed by atoms with Crippen molar-refractivity contribution in [1.29, 1.82) is 0 Å². The highest BCUT2D eigenvalue weighted by Gasteiger charge is 2.41. The normalized spacial score (nSPS) is 18.9. The fourth-order valence-electron chi connectivity index (χ4n) is 4.89. The van der Waals surface area contributed by atoms with Gasteiger partial charge in [0.15, 0.2) is 17.5 Å². The molecule has 0 aliphatic carbocycles. The van der Waals surface area contributed by atoms with Crippen LogP contribution in [0.15, 0.2) is 38.2 Å². The highest BCUT2D eigenvalue weighted by Crippen LogP contribution is 2.29. The first-order valence-electron chi connectivity index (χ1n) is 14.4. The second kappa shape index (κ2) is 14.9. The molecule has 3 heterocycles. The number of likely N-dealkylation sites (N-methyl/N-ethyl adjacent to an activating group) is 2. The fraction of sp³-hybridized carbons (Fsp3) is 0.536. The zero-order valence-electron chi connectivity index (χ0n) is 25.9. The van der Waals surface area contributed by atoms with Crippen molar-refractivity contribution in [3.63, 3.8) is 0 Å². The SMILES string of the molecule is CCCC1=NN(C)C2C(=O)N=C(c3cc(S(=O)(=O)N4CCN(C)CC4)ccc3OCC)N=C12.O=C(O)CC(O)(CC(=O)O)C(=O)O. The molecule has 1 aromatic carbocycles. The lowest BCUT2D eigenvalue weighted by atomic mass is 9.96. The van der Waals surface area contributed by atoms with Crippen molar-refractivity contribution in [2.45, 2.75) is 56.1 Å². The second-order valence-corrected chi connectivity index (χ2v) is 12.8. The number of hydrazone groups is 1. The monoisotopic (exact) mass is 666 g/mol. The van der Waals surface area contributed by atoms with Crippen molar-refractivity contribution >= 4 is 51.1 Å². The molecular weight excluding hydrogens is 628 g/mol. The molecule has 0 bridgehead atoms. The number of aliphatic imine (C=N–C) groups is 2. The van der Waals surface area contributed by atoms with E-state index in [1.807, 2.05) is 20.9 Å². The predicted octanol–water partition coefficient (Wildman–Crippen LogP) is -0.0292. The smallest absolute Gasteiger partial charge is 0.336 e. The number of piperazine rings is 1. The number of rotatable bonds is 12. The molecule has 4 rings (SSSR count). The molecule has 3 aliphatic rings. The van der Waals surface area contributed by atoms with E-state index in [1.165, 1.54) is 16.4 Å². The van der Waals surface area contributed by atoms with Gasteiger partial charge < -0.3 is 30.1 Å². The van der Waals surface area contributed by atoms with E-state index in [1.54, 1.807) is 18.1 Å². The number of aliphatic carboxylic acids is 3. The van der Waals surface area contributed by atoms with Crippen molar-refractivity contribution in [2.24, 2.45) is 15.1 Å². The van der Waals surface area contributed by atoms with E-state index in [2.05, 4.69) is 20.0 Å². The summed E-state index contributed by atoms with van der Waals surface area (Å²) in [7, 11) is -0.00212. The molecule has 1 aromatic rings. The van der Waals surface area contributed by atoms with Crippen LogP contribution in [-0.4, -0.2) is 143 Å². The maximum absolute atomic E-state index is 13.3. The molecule has 18 heteroatoms. The maximum atomic E-state index is 13.3. The number of carboxylic acids is 3. The molecule has 1 fully saturated rings. The number of nitrogens with zero attached hydrogens (tertiary/aromatic N) is 6. The largest absolute Gasteiger partial charge is 0.493 e. The van der Waals surface area contributed by atoms with Gasteiger partial charge in [-0.2, -0.15) is 14.4 Å². The Morgan fingerprint density at radius 1 is 1.00 bits per heavy atom. The third-order valence-corrected chi connectivity index (χ3v) is 9.14. The first kappa shape index (κ1) is 36.2. The topological polar surface area (TPSA) is 239 Å². The third kappa shape index (κ3) is 8.31. The van der Waals surface area contributed by atoms with Gasteiger partial charge in [-0.3, -0.25) is 19.4 Å². The number of hydrogen-bond donors (Lipinski definition) is 4. The van der Waals surface area contributed by atoms with Crippen LogP contribution in [0.4, 0.5) is 0 Å². The Bertz CT molecular complexity index is 1550. The summed E-state index contributed by atoms with van der Waals surface area (Å²) in [6, 6.07) is 4.03. The van der Waals surface area contributed by atoms with Crippen LogP contribution in [0.2, 0.25) is 0 Å². The molecule has 4 N–H and O–H groups in total. The number of carbonyl (C=O) groups is 4. The van der Waals surface area contributed by atoms with Gasteiger partial charge in [0.25, 0.3) is 5.91 Å². The summed E-state index contributed by atoms with van der Waals surface area (Å²) in [6.45, 7) is 6.45. The van der Waals surface area contributed by atoms with Crippen LogP contribution in [0.3, 0.4) is 0 Å². The summed E-state index contributed by atoms with van der Waals surface area (Å²) in [6.07, 6.45) is -0.734. The summed E-state index contributed by atoms with van der Waals surface area (Å²) < 4.78 is 33.9. The zero-order valence-corrected chi connectivity index (χ0v) is 26.7. The van der Waals surface area contributed by atoms with Crippen LogP contribution in [0.25, 0.3) is 0 Å². The summed E-state index contributed by atoms with van der Waals surface area (Å²) in [5, 5.41) is 39.9. The average molecular weight is 667 g/mol. The number of amides is 1. The molecule has 0 saturated carbocycles. The van der Waals surface area contributed by atoms with Crippen molar-refractivity contribution in [3.05, 3.63) is 23.8 Å². The number of sulfonamides is 1. The lowest BCUT2D eigenvalue weighted by Gasteiger charge is -2.31. The van der Waals surface area contributed by atoms with Crippen LogP contribution in [0, 0.1) is 0 Å². The van der Waals surface area contributed by atoms with Gasteiger partial charge in [-0.05, 0) is 38.6 Å². The van der Waals surface area contributed by atoms with Crippen LogP contribution in [0.1, 0.15) is 45.1 Å². The third-order valence-electron chi connectivity index (χ3n) is 7.25. The minimum absolute atomic E-state index is 0.133. The molecule has 46 heavy (non-hydrogen) atoms. The van der Waals surface area contributed by atoms with Gasteiger partial charge in [-0.1, -0.05) is 13.3 Å². The van der Waals surface area contributed by atoms with Crippen LogP contribution in [-0.2, 0) is 29.2 Å². The van der Waals surface area contributed by atoms with Gasteiger partial charge in [0.05, 0.1) is 35.6 Å². The Hall–Kier alpha value is -4.26. The number of aliphatic hydroxyl groups is 1. The second-order valence-electron chi connectivity index (χ2n) is 10.8. The number of fused-ring (bicyclic) bond motifs is 1. The highest BCUT2D eigenvalue weighted by molar-refractivity contribution is 7.89. The van der Waals surface area contributed by atoms with Gasteiger partial charge in [-0.25, -0.2) is 18.2 Å². The molecule has 17 nitrogen and oxygen atoms in total. The summed E-state index contributed by atoms with van der Waals surface area (Å²) in [5.74, 6) is -4.80. The lowest BCUT2D eigenvalue weighted by Crippen LogP contribution is -2.47. The van der Waals surface area contributed by atoms with E-state index in [9.17, 15) is 27.6 Å². The van der Waals surface area contributed by atoms with Gasteiger partial charge >= 0.3 is 17.9 Å². The molecule has 1 saturated heterocycles. The number of benzene rings is 1. The van der Waals surface area contributed by atoms with E-state index in [0.717, 1.165) is 12.1 Å².